The van der Waals surface area contributed by atoms with Crippen molar-refractivity contribution in [1.82, 2.24) is 0 Å². The minimum absolute atomic E-state index is 0.115. The molecule has 21 heavy (non-hydrogen) atoms. The first-order valence-corrected chi connectivity index (χ1v) is 7.40. The van der Waals surface area contributed by atoms with Crippen molar-refractivity contribution in [3.8, 4) is 0 Å². The molecule has 1 heterocycles. The van der Waals surface area contributed by atoms with Gasteiger partial charge in [0.1, 0.15) is 5.76 Å². The number of hydrogen-bond acceptors (Lipinski definition) is 2. The van der Waals surface area contributed by atoms with Crippen LogP contribution in [0.5, 0.6) is 0 Å². The lowest BCUT2D eigenvalue weighted by molar-refractivity contribution is 0.102. The first-order chi connectivity index (χ1) is 9.91. The number of anilines is 1. The second-order valence-electron chi connectivity index (χ2n) is 5.97. The van der Waals surface area contributed by atoms with Crippen molar-refractivity contribution in [2.24, 2.45) is 0 Å². The van der Waals surface area contributed by atoms with Crippen LogP contribution in [-0.2, 0) is 0 Å². The molecule has 2 aromatic rings. The molecule has 0 bridgehead atoms. The first kappa shape index (κ1) is 15.4. The van der Waals surface area contributed by atoms with Gasteiger partial charge in [-0.15, -0.1) is 0 Å². The number of furan rings is 1. The summed E-state index contributed by atoms with van der Waals surface area (Å²) in [7, 11) is 0. The molecular weight excluding hydrogens is 262 g/mol. The fourth-order valence-corrected chi connectivity index (χ4v) is 2.50. The molecular formula is C18H23NO2. The van der Waals surface area contributed by atoms with Crippen LogP contribution in [0.15, 0.2) is 34.9 Å². The van der Waals surface area contributed by atoms with Crippen LogP contribution in [0.2, 0.25) is 0 Å². The van der Waals surface area contributed by atoms with Crippen molar-refractivity contribution in [1.29, 1.82) is 0 Å². The van der Waals surface area contributed by atoms with E-state index in [4.69, 9.17) is 4.42 Å². The van der Waals surface area contributed by atoms with Crippen LogP contribution in [0.4, 0.5) is 5.69 Å². The zero-order chi connectivity index (χ0) is 15.6. The number of carbonyl (C=O) groups excluding carboxylic acids is 1. The van der Waals surface area contributed by atoms with Gasteiger partial charge in [-0.1, -0.05) is 45.9 Å². The molecule has 0 saturated carbocycles. The lowest BCUT2D eigenvalue weighted by Crippen LogP contribution is -2.16. The van der Waals surface area contributed by atoms with E-state index in [2.05, 4.69) is 51.2 Å². The van der Waals surface area contributed by atoms with Gasteiger partial charge in [-0.3, -0.25) is 4.79 Å². The number of aryl methyl sites for hydroxylation is 1. The second-order valence-corrected chi connectivity index (χ2v) is 5.97. The zero-order valence-electron chi connectivity index (χ0n) is 13.4. The lowest BCUT2D eigenvalue weighted by atomic mass is 9.92. The van der Waals surface area contributed by atoms with Gasteiger partial charge in [0.15, 0.2) is 0 Å². The molecule has 0 spiro atoms. The normalized spacial score (nSPS) is 11.2. The van der Waals surface area contributed by atoms with Crippen LogP contribution < -0.4 is 5.32 Å². The van der Waals surface area contributed by atoms with Gasteiger partial charge in [0.25, 0.3) is 5.91 Å². The fraction of sp³-hybridized carbons (Fsp3) is 0.389. The minimum atomic E-state index is -0.115. The molecule has 112 valence electrons. The van der Waals surface area contributed by atoms with Crippen molar-refractivity contribution >= 4 is 11.6 Å². The van der Waals surface area contributed by atoms with E-state index in [9.17, 15) is 4.79 Å². The summed E-state index contributed by atoms with van der Waals surface area (Å²) in [5.41, 5.74) is 3.85. The quantitative estimate of drug-likeness (QED) is 0.850. The molecule has 0 aliphatic rings. The average molecular weight is 285 g/mol. The Bertz CT molecular complexity index is 612. The lowest BCUT2D eigenvalue weighted by Gasteiger charge is -2.20. The standard InChI is InChI=1S/C18H23NO2/c1-11(2)14-7-6-8-15(12(3)4)17(14)19-18(20)16-9-10-21-13(16)5/h6-12H,1-5H3,(H,19,20). The predicted octanol–water partition coefficient (Wildman–Crippen LogP) is 5.09. The third-order valence-electron chi connectivity index (χ3n) is 3.71. The molecule has 1 N–H and O–H groups in total. The summed E-state index contributed by atoms with van der Waals surface area (Å²) in [6, 6.07) is 7.92. The van der Waals surface area contributed by atoms with Crippen LogP contribution in [0, 0.1) is 6.92 Å². The third-order valence-corrected chi connectivity index (χ3v) is 3.71. The van der Waals surface area contributed by atoms with E-state index in [1.54, 1.807) is 19.3 Å². The summed E-state index contributed by atoms with van der Waals surface area (Å²) in [6.45, 7) is 10.3. The number of benzene rings is 1. The summed E-state index contributed by atoms with van der Waals surface area (Å²) < 4.78 is 5.22. The van der Waals surface area contributed by atoms with Crippen LogP contribution in [-0.4, -0.2) is 5.91 Å². The molecule has 1 aromatic carbocycles. The van der Waals surface area contributed by atoms with E-state index in [-0.39, 0.29) is 5.91 Å². The molecule has 0 saturated heterocycles. The van der Waals surface area contributed by atoms with Gasteiger partial charge >= 0.3 is 0 Å². The number of carbonyl (C=O) groups is 1. The maximum absolute atomic E-state index is 12.5. The Balaban J connectivity index is 2.42. The molecule has 0 aliphatic carbocycles. The second kappa shape index (κ2) is 6.17. The highest BCUT2D eigenvalue weighted by Crippen LogP contribution is 2.32. The smallest absolute Gasteiger partial charge is 0.259 e. The molecule has 3 heteroatoms. The maximum atomic E-state index is 12.5. The Morgan fingerprint density at radius 2 is 1.62 bits per heavy atom. The molecule has 1 amide bonds. The highest BCUT2D eigenvalue weighted by Gasteiger charge is 2.18. The Kier molecular flexibility index (Phi) is 4.51. The number of nitrogens with one attached hydrogen (secondary N) is 1. The molecule has 3 nitrogen and oxygen atoms in total. The topological polar surface area (TPSA) is 42.2 Å². The summed E-state index contributed by atoms with van der Waals surface area (Å²) in [5.74, 6) is 1.23. The van der Waals surface area contributed by atoms with E-state index >= 15 is 0 Å². The van der Waals surface area contributed by atoms with E-state index in [0.29, 0.717) is 23.2 Å². The summed E-state index contributed by atoms with van der Waals surface area (Å²) >= 11 is 0. The highest BCUT2D eigenvalue weighted by molar-refractivity contribution is 6.05. The van der Waals surface area contributed by atoms with Gasteiger partial charge in [0.05, 0.1) is 11.8 Å². The molecule has 0 fully saturated rings. The fourth-order valence-electron chi connectivity index (χ4n) is 2.50. The molecule has 2 rings (SSSR count). The van der Waals surface area contributed by atoms with Crippen LogP contribution >= 0.6 is 0 Å². The first-order valence-electron chi connectivity index (χ1n) is 7.40. The van der Waals surface area contributed by atoms with Crippen molar-refractivity contribution in [3.63, 3.8) is 0 Å². The van der Waals surface area contributed by atoms with Gasteiger partial charge in [-0.2, -0.15) is 0 Å². The van der Waals surface area contributed by atoms with Gasteiger partial charge in [0.2, 0.25) is 0 Å². The van der Waals surface area contributed by atoms with E-state index < -0.39 is 0 Å². The van der Waals surface area contributed by atoms with Crippen molar-refractivity contribution < 1.29 is 9.21 Å². The molecule has 0 radical (unpaired) electrons. The Morgan fingerprint density at radius 1 is 1.05 bits per heavy atom. The molecule has 0 atom stereocenters. The van der Waals surface area contributed by atoms with Crippen LogP contribution in [0.25, 0.3) is 0 Å². The van der Waals surface area contributed by atoms with Crippen LogP contribution in [0.1, 0.15) is 66.8 Å². The van der Waals surface area contributed by atoms with Gasteiger partial charge in [-0.05, 0) is 36.0 Å². The molecule has 0 unspecified atom stereocenters. The van der Waals surface area contributed by atoms with E-state index in [1.807, 2.05) is 0 Å². The predicted molar refractivity (Wildman–Crippen MR) is 86.0 cm³/mol. The number of amides is 1. The van der Waals surface area contributed by atoms with Crippen molar-refractivity contribution in [2.75, 3.05) is 5.32 Å². The molecule has 0 aliphatic heterocycles. The van der Waals surface area contributed by atoms with Gasteiger partial charge < -0.3 is 9.73 Å². The number of hydrogen-bond donors (Lipinski definition) is 1. The van der Waals surface area contributed by atoms with Gasteiger partial charge in [0, 0.05) is 5.69 Å². The summed E-state index contributed by atoms with van der Waals surface area (Å²) in [4.78, 5) is 12.5. The Morgan fingerprint density at radius 3 is 2.05 bits per heavy atom. The van der Waals surface area contributed by atoms with E-state index in [0.717, 1.165) is 16.8 Å². The van der Waals surface area contributed by atoms with Crippen molar-refractivity contribution in [3.05, 3.63) is 53.0 Å². The summed E-state index contributed by atoms with van der Waals surface area (Å²) in [6.07, 6.45) is 1.54. The largest absolute Gasteiger partial charge is 0.469 e. The molecule has 1 aromatic heterocycles. The Labute approximate surface area is 126 Å². The average Bonchev–Trinajstić information content (AvgIpc) is 2.84. The number of para-hydroxylation sites is 1. The van der Waals surface area contributed by atoms with Crippen molar-refractivity contribution in [2.45, 2.75) is 46.5 Å². The third kappa shape index (κ3) is 3.18. The van der Waals surface area contributed by atoms with Gasteiger partial charge in [-0.25, -0.2) is 0 Å². The van der Waals surface area contributed by atoms with E-state index in [1.165, 1.54) is 0 Å². The highest BCUT2D eigenvalue weighted by atomic mass is 16.3. The monoisotopic (exact) mass is 285 g/mol. The SMILES string of the molecule is Cc1occc1C(=O)Nc1c(C(C)C)cccc1C(C)C. The summed E-state index contributed by atoms with van der Waals surface area (Å²) in [5, 5.41) is 3.09. The minimum Gasteiger partial charge on any atom is -0.469 e. The van der Waals surface area contributed by atoms with Crippen LogP contribution in [0.3, 0.4) is 0 Å². The number of rotatable bonds is 4. The Hall–Kier alpha value is -2.03. The maximum Gasteiger partial charge on any atom is 0.259 e. The zero-order valence-corrected chi connectivity index (χ0v) is 13.4.